The fourth-order valence-corrected chi connectivity index (χ4v) is 3.34. The van der Waals surface area contributed by atoms with Crippen LogP contribution in [0.2, 0.25) is 0 Å². The molecule has 0 amide bonds. The first-order valence-electron chi connectivity index (χ1n) is 8.47. The quantitative estimate of drug-likeness (QED) is 0.802. The van der Waals surface area contributed by atoms with Crippen LogP contribution in [0.3, 0.4) is 0 Å². The zero-order valence-electron chi connectivity index (χ0n) is 13.6. The van der Waals surface area contributed by atoms with Gasteiger partial charge >= 0.3 is 0 Å². The predicted molar refractivity (Wildman–Crippen MR) is 93.3 cm³/mol. The number of nitrogens with zero attached hydrogens (tertiary/aromatic N) is 4. The number of H-pyrrole nitrogens is 1. The standard InChI is InChI=1S/C19H21N5/c1-2-6-15(7-3-1)13-24-11-5-9-17(14-24)19-21-18(22-23-19)16-8-4-10-20-12-16/h1-4,6-8,10,12,17H,5,9,11,13-14H2,(H,21,22,23)/t17-/m0/s1. The van der Waals surface area contributed by atoms with Crippen LogP contribution in [0, 0.1) is 0 Å². The normalized spacial score (nSPS) is 18.6. The summed E-state index contributed by atoms with van der Waals surface area (Å²) in [5, 5.41) is 7.52. The first-order chi connectivity index (χ1) is 11.9. The van der Waals surface area contributed by atoms with Crippen molar-refractivity contribution in [1.29, 1.82) is 0 Å². The van der Waals surface area contributed by atoms with Crippen LogP contribution >= 0.6 is 0 Å². The van der Waals surface area contributed by atoms with E-state index in [0.29, 0.717) is 5.92 Å². The van der Waals surface area contributed by atoms with Crippen LogP contribution in [0.4, 0.5) is 0 Å². The molecule has 24 heavy (non-hydrogen) atoms. The number of nitrogens with one attached hydrogen (secondary N) is 1. The lowest BCUT2D eigenvalue weighted by molar-refractivity contribution is 0.197. The molecule has 1 aromatic carbocycles. The topological polar surface area (TPSA) is 57.7 Å². The highest BCUT2D eigenvalue weighted by Gasteiger charge is 2.24. The smallest absolute Gasteiger partial charge is 0.182 e. The van der Waals surface area contributed by atoms with E-state index in [1.54, 1.807) is 12.4 Å². The monoisotopic (exact) mass is 319 g/mol. The lowest BCUT2D eigenvalue weighted by Gasteiger charge is -2.31. The number of aromatic amines is 1. The molecule has 3 aromatic rings. The van der Waals surface area contributed by atoms with E-state index in [2.05, 4.69) is 50.4 Å². The molecule has 3 heterocycles. The van der Waals surface area contributed by atoms with Crippen molar-refractivity contribution in [3.05, 3.63) is 66.2 Å². The Bertz CT molecular complexity index is 769. The van der Waals surface area contributed by atoms with Gasteiger partial charge in [-0.25, -0.2) is 4.98 Å². The number of pyridine rings is 1. The molecule has 0 bridgehead atoms. The van der Waals surface area contributed by atoms with Crippen LogP contribution in [0.5, 0.6) is 0 Å². The molecule has 2 aromatic heterocycles. The molecular formula is C19H21N5. The molecule has 0 spiro atoms. The molecule has 5 nitrogen and oxygen atoms in total. The third kappa shape index (κ3) is 3.36. The minimum atomic E-state index is 0.417. The van der Waals surface area contributed by atoms with Gasteiger partial charge in [0.25, 0.3) is 0 Å². The first kappa shape index (κ1) is 15.0. The van der Waals surface area contributed by atoms with Gasteiger partial charge in [0.1, 0.15) is 5.82 Å². The van der Waals surface area contributed by atoms with Gasteiger partial charge in [-0.2, -0.15) is 5.10 Å². The van der Waals surface area contributed by atoms with Crippen LogP contribution < -0.4 is 0 Å². The average molecular weight is 319 g/mol. The van der Waals surface area contributed by atoms with Crippen LogP contribution in [0.1, 0.15) is 30.1 Å². The summed E-state index contributed by atoms with van der Waals surface area (Å²) in [6.07, 6.45) is 5.92. The highest BCUT2D eigenvalue weighted by molar-refractivity contribution is 5.52. The Labute approximate surface area is 141 Å². The Hall–Kier alpha value is -2.53. The van der Waals surface area contributed by atoms with Crippen molar-refractivity contribution in [1.82, 2.24) is 25.1 Å². The summed E-state index contributed by atoms with van der Waals surface area (Å²) in [5.74, 6) is 2.14. The van der Waals surface area contributed by atoms with Crippen LogP contribution in [0.25, 0.3) is 11.4 Å². The van der Waals surface area contributed by atoms with Crippen molar-refractivity contribution >= 4 is 0 Å². The van der Waals surface area contributed by atoms with Gasteiger partial charge in [-0.15, -0.1) is 0 Å². The highest BCUT2D eigenvalue weighted by atomic mass is 15.2. The summed E-state index contributed by atoms with van der Waals surface area (Å²) >= 11 is 0. The number of hydrogen-bond donors (Lipinski definition) is 1. The maximum Gasteiger partial charge on any atom is 0.182 e. The molecule has 1 N–H and O–H groups in total. The Balaban J connectivity index is 1.45. The number of benzene rings is 1. The minimum absolute atomic E-state index is 0.417. The van der Waals surface area contributed by atoms with Gasteiger partial charge < -0.3 is 0 Å². The molecule has 1 atom stereocenters. The molecule has 4 rings (SSSR count). The Morgan fingerprint density at radius 2 is 2.04 bits per heavy atom. The second-order valence-corrected chi connectivity index (χ2v) is 6.35. The fraction of sp³-hybridized carbons (Fsp3) is 0.316. The van der Waals surface area contributed by atoms with E-state index in [0.717, 1.165) is 43.3 Å². The Morgan fingerprint density at radius 3 is 2.88 bits per heavy atom. The maximum absolute atomic E-state index is 4.71. The molecule has 0 radical (unpaired) electrons. The van der Waals surface area contributed by atoms with Crippen molar-refractivity contribution < 1.29 is 0 Å². The van der Waals surface area contributed by atoms with Gasteiger partial charge in [0.15, 0.2) is 5.82 Å². The third-order valence-corrected chi connectivity index (χ3v) is 4.56. The van der Waals surface area contributed by atoms with E-state index in [1.807, 2.05) is 12.1 Å². The largest absolute Gasteiger partial charge is 0.298 e. The van der Waals surface area contributed by atoms with Crippen molar-refractivity contribution in [3.8, 4) is 11.4 Å². The predicted octanol–water partition coefficient (Wildman–Crippen LogP) is 3.25. The summed E-state index contributed by atoms with van der Waals surface area (Å²) < 4.78 is 0. The van der Waals surface area contributed by atoms with E-state index in [1.165, 1.54) is 12.0 Å². The molecule has 122 valence electrons. The van der Waals surface area contributed by atoms with Gasteiger partial charge in [-0.3, -0.25) is 15.0 Å². The van der Waals surface area contributed by atoms with Gasteiger partial charge in [0.05, 0.1) is 0 Å². The van der Waals surface area contributed by atoms with Crippen molar-refractivity contribution in [3.63, 3.8) is 0 Å². The van der Waals surface area contributed by atoms with E-state index in [4.69, 9.17) is 4.98 Å². The van der Waals surface area contributed by atoms with Gasteiger partial charge in [-0.05, 0) is 37.1 Å². The summed E-state index contributed by atoms with van der Waals surface area (Å²) in [5.41, 5.74) is 2.32. The van der Waals surface area contributed by atoms with E-state index in [9.17, 15) is 0 Å². The summed E-state index contributed by atoms with van der Waals surface area (Å²) in [4.78, 5) is 11.4. The van der Waals surface area contributed by atoms with Crippen LogP contribution in [-0.2, 0) is 6.54 Å². The number of likely N-dealkylation sites (tertiary alicyclic amines) is 1. The van der Waals surface area contributed by atoms with Crippen molar-refractivity contribution in [2.24, 2.45) is 0 Å². The molecule has 1 saturated heterocycles. The maximum atomic E-state index is 4.71. The molecule has 0 saturated carbocycles. The lowest BCUT2D eigenvalue weighted by Crippen LogP contribution is -2.34. The van der Waals surface area contributed by atoms with Gasteiger partial charge in [0.2, 0.25) is 0 Å². The second kappa shape index (κ2) is 6.93. The number of rotatable bonds is 4. The Kier molecular flexibility index (Phi) is 4.34. The molecular weight excluding hydrogens is 298 g/mol. The number of hydrogen-bond acceptors (Lipinski definition) is 4. The molecule has 1 fully saturated rings. The number of piperidine rings is 1. The summed E-state index contributed by atoms with van der Waals surface area (Å²) in [6.45, 7) is 3.17. The summed E-state index contributed by atoms with van der Waals surface area (Å²) in [6, 6.07) is 14.6. The van der Waals surface area contributed by atoms with Gasteiger partial charge in [0, 0.05) is 37.0 Å². The van der Waals surface area contributed by atoms with E-state index >= 15 is 0 Å². The Morgan fingerprint density at radius 1 is 1.12 bits per heavy atom. The van der Waals surface area contributed by atoms with E-state index < -0.39 is 0 Å². The van der Waals surface area contributed by atoms with Crippen molar-refractivity contribution in [2.45, 2.75) is 25.3 Å². The molecule has 5 heteroatoms. The van der Waals surface area contributed by atoms with Gasteiger partial charge in [-0.1, -0.05) is 30.3 Å². The molecule has 1 aliphatic rings. The second-order valence-electron chi connectivity index (χ2n) is 6.35. The number of aromatic nitrogens is 4. The van der Waals surface area contributed by atoms with Crippen molar-refractivity contribution in [2.75, 3.05) is 13.1 Å². The zero-order chi connectivity index (χ0) is 16.2. The first-order valence-corrected chi connectivity index (χ1v) is 8.47. The molecule has 0 aliphatic carbocycles. The SMILES string of the molecule is c1ccc(CN2CCC[C@H](c3nc(-c4cccnc4)n[nH]3)C2)cc1. The highest BCUT2D eigenvalue weighted by Crippen LogP contribution is 2.26. The minimum Gasteiger partial charge on any atom is -0.298 e. The summed E-state index contributed by atoms with van der Waals surface area (Å²) in [7, 11) is 0. The van der Waals surface area contributed by atoms with E-state index in [-0.39, 0.29) is 0 Å². The third-order valence-electron chi connectivity index (χ3n) is 4.56. The van der Waals surface area contributed by atoms with Crippen LogP contribution in [-0.4, -0.2) is 38.2 Å². The molecule has 0 unspecified atom stereocenters. The average Bonchev–Trinajstić information content (AvgIpc) is 3.14. The zero-order valence-corrected chi connectivity index (χ0v) is 13.6. The lowest BCUT2D eigenvalue weighted by atomic mass is 9.97. The molecule has 1 aliphatic heterocycles. The fourth-order valence-electron chi connectivity index (χ4n) is 3.34. The van der Waals surface area contributed by atoms with Crippen LogP contribution in [0.15, 0.2) is 54.9 Å².